The lowest BCUT2D eigenvalue weighted by Crippen LogP contribution is -2.36. The van der Waals surface area contributed by atoms with Gasteiger partial charge in [0, 0.05) is 11.4 Å². The number of nitrogens with one attached hydrogen (secondary N) is 1. The minimum absolute atomic E-state index is 0.311. The third-order valence-corrected chi connectivity index (χ3v) is 3.68. The van der Waals surface area contributed by atoms with Gasteiger partial charge in [0.15, 0.2) is 0 Å². The maximum absolute atomic E-state index is 11.4. The van der Waals surface area contributed by atoms with Crippen LogP contribution in [0.1, 0.15) is 40.0 Å². The number of carbonyl (C=O) groups is 1. The third kappa shape index (κ3) is 4.87. The summed E-state index contributed by atoms with van der Waals surface area (Å²) in [5.74, 6) is 0.553. The third-order valence-electron chi connectivity index (χ3n) is 2.47. The van der Waals surface area contributed by atoms with E-state index in [0.29, 0.717) is 17.3 Å². The lowest BCUT2D eigenvalue weighted by atomic mass is 10.1. The molecule has 0 spiro atoms. The Balaban J connectivity index is 2.22. The fourth-order valence-corrected chi connectivity index (χ4v) is 2.53. The summed E-state index contributed by atoms with van der Waals surface area (Å²) in [6.45, 7) is 6.32. The Labute approximate surface area is 100 Å². The molecule has 2 atom stereocenters. The average Bonchev–Trinajstić information content (AvgIpc) is 2.44. The first-order chi connectivity index (χ1) is 6.88. The lowest BCUT2D eigenvalue weighted by Gasteiger charge is -2.21. The molecule has 1 fully saturated rings. The molecule has 1 amide bonds. The number of rotatable bonds is 2. The highest BCUT2D eigenvalue weighted by molar-refractivity contribution is 9.09. The van der Waals surface area contributed by atoms with Crippen LogP contribution >= 0.6 is 15.9 Å². The van der Waals surface area contributed by atoms with Crippen LogP contribution in [-0.2, 0) is 4.74 Å². The van der Waals surface area contributed by atoms with Crippen molar-refractivity contribution in [1.29, 1.82) is 0 Å². The van der Waals surface area contributed by atoms with Gasteiger partial charge in [0.05, 0.1) is 0 Å². The van der Waals surface area contributed by atoms with Gasteiger partial charge < -0.3 is 10.1 Å². The van der Waals surface area contributed by atoms with Crippen LogP contribution in [0.4, 0.5) is 4.79 Å². The van der Waals surface area contributed by atoms with E-state index >= 15 is 0 Å². The van der Waals surface area contributed by atoms with Crippen molar-refractivity contribution in [1.82, 2.24) is 5.32 Å². The van der Waals surface area contributed by atoms with Crippen LogP contribution in [0.15, 0.2) is 0 Å². The Morgan fingerprint density at radius 1 is 1.47 bits per heavy atom. The number of alkyl halides is 1. The Bertz CT molecular complexity index is 225. The zero-order valence-corrected chi connectivity index (χ0v) is 11.3. The maximum atomic E-state index is 11.4. The first-order valence-corrected chi connectivity index (χ1v) is 6.41. The second-order valence-corrected chi connectivity index (χ2v) is 6.27. The van der Waals surface area contributed by atoms with Crippen molar-refractivity contribution in [2.45, 2.75) is 50.5 Å². The molecule has 0 aromatic heterocycles. The molecule has 0 aromatic rings. The van der Waals surface area contributed by atoms with Gasteiger partial charge in [-0.3, -0.25) is 0 Å². The van der Waals surface area contributed by atoms with E-state index in [2.05, 4.69) is 21.2 Å². The quantitative estimate of drug-likeness (QED) is 0.788. The van der Waals surface area contributed by atoms with Crippen LogP contribution in [0.2, 0.25) is 0 Å². The van der Waals surface area contributed by atoms with E-state index in [1.807, 2.05) is 20.8 Å². The highest BCUT2D eigenvalue weighted by Crippen LogP contribution is 2.30. The SMILES string of the molecule is CC(C)(C)OC(=O)NCC1CCC[C@@H]1Br. The molecule has 1 aliphatic rings. The summed E-state index contributed by atoms with van der Waals surface area (Å²) in [5.41, 5.74) is -0.409. The van der Waals surface area contributed by atoms with Crippen molar-refractivity contribution in [3.63, 3.8) is 0 Å². The molecule has 1 aliphatic carbocycles. The van der Waals surface area contributed by atoms with Crippen LogP contribution in [0.3, 0.4) is 0 Å². The summed E-state index contributed by atoms with van der Waals surface area (Å²) in [4.78, 5) is 11.9. The standard InChI is InChI=1S/C11H20BrNO2/c1-11(2,3)15-10(14)13-7-8-5-4-6-9(8)12/h8-9H,4-7H2,1-3H3,(H,13,14)/t8?,9-/m0/s1. The van der Waals surface area contributed by atoms with Gasteiger partial charge in [0.1, 0.15) is 5.60 Å². The van der Waals surface area contributed by atoms with E-state index in [-0.39, 0.29) is 6.09 Å². The van der Waals surface area contributed by atoms with Crippen LogP contribution in [0.5, 0.6) is 0 Å². The maximum Gasteiger partial charge on any atom is 0.407 e. The van der Waals surface area contributed by atoms with Crippen molar-refractivity contribution in [2.24, 2.45) is 5.92 Å². The summed E-state index contributed by atoms with van der Waals surface area (Å²) >= 11 is 3.62. The van der Waals surface area contributed by atoms with E-state index in [4.69, 9.17) is 4.74 Å². The molecular formula is C11H20BrNO2. The number of hydrogen-bond donors (Lipinski definition) is 1. The second-order valence-electron chi connectivity index (χ2n) is 5.09. The molecule has 1 saturated carbocycles. The van der Waals surface area contributed by atoms with Crippen LogP contribution < -0.4 is 5.32 Å². The molecule has 88 valence electrons. The number of carbonyl (C=O) groups excluding carboxylic acids is 1. The Hall–Kier alpha value is -0.250. The number of alkyl carbamates (subject to hydrolysis) is 1. The monoisotopic (exact) mass is 277 g/mol. The Morgan fingerprint density at radius 3 is 2.60 bits per heavy atom. The minimum Gasteiger partial charge on any atom is -0.444 e. The van der Waals surface area contributed by atoms with Crippen molar-refractivity contribution in [3.8, 4) is 0 Å². The summed E-state index contributed by atoms with van der Waals surface area (Å²) in [7, 11) is 0. The second kappa shape index (κ2) is 5.19. The fourth-order valence-electron chi connectivity index (χ4n) is 1.75. The van der Waals surface area contributed by atoms with Crippen LogP contribution in [-0.4, -0.2) is 23.1 Å². The molecule has 0 aliphatic heterocycles. The molecule has 1 N–H and O–H groups in total. The summed E-state index contributed by atoms with van der Waals surface area (Å²) in [5, 5.41) is 2.82. The molecule has 15 heavy (non-hydrogen) atoms. The molecule has 1 rings (SSSR count). The van der Waals surface area contributed by atoms with Gasteiger partial charge in [-0.05, 0) is 39.5 Å². The number of halogens is 1. The predicted octanol–water partition coefficient (Wildman–Crippen LogP) is 3.07. The summed E-state index contributed by atoms with van der Waals surface area (Å²) in [6, 6.07) is 0. The summed E-state index contributed by atoms with van der Waals surface area (Å²) < 4.78 is 5.17. The minimum atomic E-state index is -0.409. The number of ether oxygens (including phenoxy) is 1. The molecule has 0 bridgehead atoms. The molecule has 3 nitrogen and oxygen atoms in total. The van der Waals surface area contributed by atoms with Gasteiger partial charge in [-0.25, -0.2) is 4.79 Å². The molecule has 0 saturated heterocycles. The van der Waals surface area contributed by atoms with Crippen molar-refractivity contribution in [2.75, 3.05) is 6.54 Å². The van der Waals surface area contributed by atoms with E-state index in [1.54, 1.807) is 0 Å². The Kier molecular flexibility index (Phi) is 4.44. The fraction of sp³-hybridized carbons (Fsp3) is 0.909. The molecule has 0 heterocycles. The molecular weight excluding hydrogens is 258 g/mol. The van der Waals surface area contributed by atoms with Gasteiger partial charge >= 0.3 is 6.09 Å². The van der Waals surface area contributed by atoms with Gasteiger partial charge in [0.25, 0.3) is 0 Å². The molecule has 0 radical (unpaired) electrons. The van der Waals surface area contributed by atoms with E-state index in [9.17, 15) is 4.79 Å². The van der Waals surface area contributed by atoms with Crippen molar-refractivity contribution >= 4 is 22.0 Å². The normalized spacial score (nSPS) is 26.4. The predicted molar refractivity (Wildman–Crippen MR) is 64.3 cm³/mol. The topological polar surface area (TPSA) is 38.3 Å². The lowest BCUT2D eigenvalue weighted by molar-refractivity contribution is 0.0520. The Morgan fingerprint density at radius 2 is 2.13 bits per heavy atom. The largest absolute Gasteiger partial charge is 0.444 e. The first-order valence-electron chi connectivity index (χ1n) is 5.49. The summed E-state index contributed by atoms with van der Waals surface area (Å²) in [6.07, 6.45) is 3.33. The van der Waals surface area contributed by atoms with E-state index in [1.165, 1.54) is 19.3 Å². The van der Waals surface area contributed by atoms with Crippen molar-refractivity contribution in [3.05, 3.63) is 0 Å². The molecule has 1 unspecified atom stereocenters. The highest BCUT2D eigenvalue weighted by Gasteiger charge is 2.25. The van der Waals surface area contributed by atoms with Crippen molar-refractivity contribution < 1.29 is 9.53 Å². The molecule has 4 heteroatoms. The average molecular weight is 278 g/mol. The zero-order valence-electron chi connectivity index (χ0n) is 9.68. The first kappa shape index (κ1) is 12.8. The van der Waals surface area contributed by atoms with Crippen LogP contribution in [0.25, 0.3) is 0 Å². The molecule has 0 aromatic carbocycles. The number of hydrogen-bond acceptors (Lipinski definition) is 2. The number of amides is 1. The smallest absolute Gasteiger partial charge is 0.407 e. The van der Waals surface area contributed by atoms with E-state index in [0.717, 1.165) is 0 Å². The van der Waals surface area contributed by atoms with Gasteiger partial charge in [0.2, 0.25) is 0 Å². The van der Waals surface area contributed by atoms with Gasteiger partial charge in [-0.1, -0.05) is 22.4 Å². The van der Waals surface area contributed by atoms with Gasteiger partial charge in [-0.15, -0.1) is 0 Å². The highest BCUT2D eigenvalue weighted by atomic mass is 79.9. The zero-order chi connectivity index (χ0) is 11.5. The van der Waals surface area contributed by atoms with Gasteiger partial charge in [-0.2, -0.15) is 0 Å². The van der Waals surface area contributed by atoms with E-state index < -0.39 is 5.60 Å². The van der Waals surface area contributed by atoms with Crippen LogP contribution in [0, 0.1) is 5.92 Å².